The van der Waals surface area contributed by atoms with Crippen LogP contribution in [0.25, 0.3) is 5.69 Å². The zero-order valence-electron chi connectivity index (χ0n) is 14.6. The summed E-state index contributed by atoms with van der Waals surface area (Å²) in [5.74, 6) is 0.157. The van der Waals surface area contributed by atoms with Crippen molar-refractivity contribution in [3.63, 3.8) is 0 Å². The average Bonchev–Trinajstić information content (AvgIpc) is 3.11. The lowest BCUT2D eigenvalue weighted by Gasteiger charge is -2.08. The zero-order chi connectivity index (χ0) is 18.5. The van der Waals surface area contributed by atoms with Crippen LogP contribution in [0.2, 0.25) is 5.02 Å². The van der Waals surface area contributed by atoms with Crippen molar-refractivity contribution in [2.24, 2.45) is 0 Å². The first kappa shape index (κ1) is 18.5. The normalized spacial score (nSPS) is 10.7. The lowest BCUT2D eigenvalue weighted by atomic mass is 10.1. The Labute approximate surface area is 161 Å². The summed E-state index contributed by atoms with van der Waals surface area (Å²) in [5, 5.41) is 12.3. The Hall–Kier alpha value is -2.31. The highest BCUT2D eigenvalue weighted by Crippen LogP contribution is 2.24. The second-order valence-corrected chi connectivity index (χ2v) is 7.15. The number of halogens is 1. The maximum absolute atomic E-state index is 12.2. The van der Waals surface area contributed by atoms with E-state index in [0.29, 0.717) is 10.2 Å². The molecule has 0 saturated heterocycles. The molecule has 0 spiro atoms. The van der Waals surface area contributed by atoms with Gasteiger partial charge in [-0.05, 0) is 48.7 Å². The molecule has 0 aliphatic rings. The quantitative estimate of drug-likeness (QED) is 0.632. The molecule has 2 aromatic carbocycles. The summed E-state index contributed by atoms with van der Waals surface area (Å²) in [6.45, 7) is 4.05. The third-order valence-corrected chi connectivity index (χ3v) is 5.28. The third-order valence-electron chi connectivity index (χ3n) is 3.93. The van der Waals surface area contributed by atoms with Crippen LogP contribution in [-0.4, -0.2) is 26.4 Å². The largest absolute Gasteiger partial charge is 0.325 e. The number of rotatable bonds is 6. The number of carbonyl (C=O) groups excluding carboxylic acids is 1. The van der Waals surface area contributed by atoms with E-state index in [1.165, 1.54) is 17.3 Å². The third kappa shape index (κ3) is 4.45. The minimum atomic E-state index is -0.0873. The van der Waals surface area contributed by atoms with Crippen molar-refractivity contribution >= 4 is 35.0 Å². The van der Waals surface area contributed by atoms with Crippen LogP contribution in [0.3, 0.4) is 0 Å². The van der Waals surface area contributed by atoms with Crippen molar-refractivity contribution in [3.05, 3.63) is 64.9 Å². The molecule has 5 nitrogen and oxygen atoms in total. The number of aromatic nitrogens is 3. The summed E-state index contributed by atoms with van der Waals surface area (Å²) in [7, 11) is 0. The number of carbonyl (C=O) groups is 1. The molecule has 0 atom stereocenters. The fraction of sp³-hybridized carbons (Fsp3) is 0.211. The van der Waals surface area contributed by atoms with E-state index in [1.54, 1.807) is 6.33 Å². The fourth-order valence-electron chi connectivity index (χ4n) is 2.38. The Morgan fingerprint density at radius 2 is 2.00 bits per heavy atom. The number of aryl methyl sites for hydroxylation is 2. The van der Waals surface area contributed by atoms with E-state index in [9.17, 15) is 4.79 Å². The van der Waals surface area contributed by atoms with E-state index in [1.807, 2.05) is 54.0 Å². The summed E-state index contributed by atoms with van der Waals surface area (Å²) in [6.07, 6.45) is 2.59. The standard InChI is InChI=1S/C19H19ClN4OS/c1-3-14-5-7-15(8-6-14)22-18(25)11-26-19-23-21-12-24(19)16-9-4-13(2)17(20)10-16/h4-10,12H,3,11H2,1-2H3,(H,22,25). The second-order valence-electron chi connectivity index (χ2n) is 5.80. The number of amides is 1. The highest BCUT2D eigenvalue weighted by atomic mass is 35.5. The fourth-order valence-corrected chi connectivity index (χ4v) is 3.29. The summed E-state index contributed by atoms with van der Waals surface area (Å²) in [5.41, 5.74) is 3.90. The van der Waals surface area contributed by atoms with Crippen LogP contribution >= 0.6 is 23.4 Å². The van der Waals surface area contributed by atoms with E-state index in [4.69, 9.17) is 11.6 Å². The number of thioether (sulfide) groups is 1. The van der Waals surface area contributed by atoms with Gasteiger partial charge in [0.15, 0.2) is 5.16 Å². The van der Waals surface area contributed by atoms with Crippen molar-refractivity contribution in [1.82, 2.24) is 14.8 Å². The van der Waals surface area contributed by atoms with Gasteiger partial charge in [-0.25, -0.2) is 0 Å². The van der Waals surface area contributed by atoms with Gasteiger partial charge in [0.2, 0.25) is 5.91 Å². The molecule has 0 saturated carbocycles. The van der Waals surface area contributed by atoms with Crippen LogP contribution in [0, 0.1) is 6.92 Å². The van der Waals surface area contributed by atoms with Gasteiger partial charge in [-0.3, -0.25) is 9.36 Å². The molecule has 3 aromatic rings. The molecule has 1 N–H and O–H groups in total. The van der Waals surface area contributed by atoms with Crippen molar-refractivity contribution < 1.29 is 4.79 Å². The molecule has 26 heavy (non-hydrogen) atoms. The van der Waals surface area contributed by atoms with Crippen molar-refractivity contribution in [2.75, 3.05) is 11.1 Å². The molecular weight excluding hydrogens is 368 g/mol. The van der Waals surface area contributed by atoms with Crippen LogP contribution < -0.4 is 5.32 Å². The second kappa shape index (κ2) is 8.38. The summed E-state index contributed by atoms with van der Waals surface area (Å²) in [4.78, 5) is 12.2. The molecule has 0 fully saturated rings. The van der Waals surface area contributed by atoms with Gasteiger partial charge in [0.1, 0.15) is 6.33 Å². The van der Waals surface area contributed by atoms with E-state index in [-0.39, 0.29) is 11.7 Å². The van der Waals surface area contributed by atoms with Gasteiger partial charge in [-0.2, -0.15) is 0 Å². The Morgan fingerprint density at radius 3 is 2.69 bits per heavy atom. The van der Waals surface area contributed by atoms with Crippen LogP contribution in [0.4, 0.5) is 5.69 Å². The Balaban J connectivity index is 1.63. The maximum Gasteiger partial charge on any atom is 0.234 e. The first-order valence-electron chi connectivity index (χ1n) is 8.25. The molecule has 0 unspecified atom stereocenters. The van der Waals surface area contributed by atoms with Gasteiger partial charge in [-0.15, -0.1) is 10.2 Å². The number of nitrogens with one attached hydrogen (secondary N) is 1. The predicted octanol–water partition coefficient (Wildman–Crippen LogP) is 4.52. The number of benzene rings is 2. The first-order valence-corrected chi connectivity index (χ1v) is 9.61. The Morgan fingerprint density at radius 1 is 1.23 bits per heavy atom. The van der Waals surface area contributed by atoms with Gasteiger partial charge in [-0.1, -0.05) is 48.5 Å². The minimum absolute atomic E-state index is 0.0873. The van der Waals surface area contributed by atoms with Gasteiger partial charge < -0.3 is 5.32 Å². The SMILES string of the molecule is CCc1ccc(NC(=O)CSc2nncn2-c2ccc(C)c(Cl)c2)cc1. The van der Waals surface area contributed by atoms with Crippen molar-refractivity contribution in [2.45, 2.75) is 25.4 Å². The summed E-state index contributed by atoms with van der Waals surface area (Å²) >= 11 is 7.53. The molecule has 1 amide bonds. The minimum Gasteiger partial charge on any atom is -0.325 e. The topological polar surface area (TPSA) is 59.8 Å². The zero-order valence-corrected chi connectivity index (χ0v) is 16.1. The number of anilines is 1. The highest BCUT2D eigenvalue weighted by molar-refractivity contribution is 7.99. The lowest BCUT2D eigenvalue weighted by Crippen LogP contribution is -2.14. The van der Waals surface area contributed by atoms with Crippen LogP contribution in [-0.2, 0) is 11.2 Å². The molecule has 0 aliphatic heterocycles. The molecule has 1 aromatic heterocycles. The Bertz CT molecular complexity index is 908. The van der Waals surface area contributed by atoms with Gasteiger partial charge in [0.25, 0.3) is 0 Å². The average molecular weight is 387 g/mol. The van der Waals surface area contributed by atoms with E-state index in [2.05, 4.69) is 22.4 Å². The van der Waals surface area contributed by atoms with Gasteiger partial charge >= 0.3 is 0 Å². The predicted molar refractivity (Wildman–Crippen MR) is 106 cm³/mol. The smallest absolute Gasteiger partial charge is 0.234 e. The van der Waals surface area contributed by atoms with E-state index >= 15 is 0 Å². The van der Waals surface area contributed by atoms with Crippen LogP contribution in [0.15, 0.2) is 53.9 Å². The highest BCUT2D eigenvalue weighted by Gasteiger charge is 2.11. The molecular formula is C19H19ClN4OS. The molecule has 0 aliphatic carbocycles. The van der Waals surface area contributed by atoms with E-state index in [0.717, 1.165) is 23.4 Å². The van der Waals surface area contributed by atoms with E-state index < -0.39 is 0 Å². The monoisotopic (exact) mass is 386 g/mol. The van der Waals surface area contributed by atoms with Crippen LogP contribution in [0.5, 0.6) is 0 Å². The molecule has 0 radical (unpaired) electrons. The van der Waals surface area contributed by atoms with Crippen molar-refractivity contribution in [1.29, 1.82) is 0 Å². The van der Waals surface area contributed by atoms with Crippen LogP contribution in [0.1, 0.15) is 18.1 Å². The first-order chi connectivity index (χ1) is 12.6. The molecule has 3 rings (SSSR count). The number of hydrogen-bond acceptors (Lipinski definition) is 4. The molecule has 1 heterocycles. The molecule has 7 heteroatoms. The van der Waals surface area contributed by atoms with Gasteiger partial charge in [0.05, 0.1) is 11.4 Å². The van der Waals surface area contributed by atoms with Crippen molar-refractivity contribution in [3.8, 4) is 5.69 Å². The molecule has 0 bridgehead atoms. The summed E-state index contributed by atoms with van der Waals surface area (Å²) in [6, 6.07) is 13.6. The molecule has 134 valence electrons. The lowest BCUT2D eigenvalue weighted by molar-refractivity contribution is -0.113. The summed E-state index contributed by atoms with van der Waals surface area (Å²) < 4.78 is 1.82. The maximum atomic E-state index is 12.2. The number of nitrogens with zero attached hydrogens (tertiary/aromatic N) is 3. The number of hydrogen-bond donors (Lipinski definition) is 1. The Kier molecular flexibility index (Phi) is 5.96. The van der Waals surface area contributed by atoms with Gasteiger partial charge in [0, 0.05) is 10.7 Å².